The SMILES string of the molecule is O=C1CC[C@H]2/C=C\CC/C=C\[C@@H]2C1. The highest BCUT2D eigenvalue weighted by atomic mass is 16.1. The molecule has 0 aliphatic heterocycles. The first-order valence-electron chi connectivity index (χ1n) is 5.21. The summed E-state index contributed by atoms with van der Waals surface area (Å²) < 4.78 is 0. The van der Waals surface area contributed by atoms with Crippen molar-refractivity contribution < 1.29 is 4.79 Å². The number of carbonyl (C=O) groups is 1. The first-order chi connectivity index (χ1) is 6.36. The van der Waals surface area contributed by atoms with E-state index in [1.54, 1.807) is 0 Å². The van der Waals surface area contributed by atoms with Crippen LogP contribution < -0.4 is 0 Å². The first-order valence-corrected chi connectivity index (χ1v) is 5.21. The lowest BCUT2D eigenvalue weighted by atomic mass is 9.77. The van der Waals surface area contributed by atoms with Crippen LogP contribution in [0.25, 0.3) is 0 Å². The van der Waals surface area contributed by atoms with E-state index in [9.17, 15) is 4.79 Å². The van der Waals surface area contributed by atoms with Crippen molar-refractivity contribution in [3.05, 3.63) is 24.3 Å². The van der Waals surface area contributed by atoms with Crippen molar-refractivity contribution in [2.45, 2.75) is 32.1 Å². The van der Waals surface area contributed by atoms with Gasteiger partial charge in [-0.2, -0.15) is 0 Å². The van der Waals surface area contributed by atoms with Crippen molar-refractivity contribution in [2.75, 3.05) is 0 Å². The molecule has 13 heavy (non-hydrogen) atoms. The summed E-state index contributed by atoms with van der Waals surface area (Å²) in [7, 11) is 0. The Balaban J connectivity index is 2.11. The van der Waals surface area contributed by atoms with Crippen molar-refractivity contribution >= 4 is 5.78 Å². The molecule has 2 atom stereocenters. The van der Waals surface area contributed by atoms with Crippen LogP contribution in [0.3, 0.4) is 0 Å². The molecule has 2 aliphatic rings. The van der Waals surface area contributed by atoms with Crippen LogP contribution in [0, 0.1) is 11.8 Å². The molecular weight excluding hydrogens is 160 g/mol. The van der Waals surface area contributed by atoms with Crippen LogP contribution in [-0.2, 0) is 4.79 Å². The number of carbonyl (C=O) groups excluding carboxylic acids is 1. The Morgan fingerprint density at radius 1 is 1.08 bits per heavy atom. The Bertz CT molecular complexity index is 250. The van der Waals surface area contributed by atoms with Crippen LogP contribution in [0.15, 0.2) is 24.3 Å². The Hall–Kier alpha value is -0.850. The number of rotatable bonds is 0. The molecule has 1 saturated carbocycles. The van der Waals surface area contributed by atoms with Gasteiger partial charge in [-0.25, -0.2) is 0 Å². The van der Waals surface area contributed by atoms with E-state index in [2.05, 4.69) is 24.3 Å². The topological polar surface area (TPSA) is 17.1 Å². The number of allylic oxidation sites excluding steroid dienone is 4. The van der Waals surface area contributed by atoms with E-state index in [4.69, 9.17) is 0 Å². The zero-order valence-electron chi connectivity index (χ0n) is 7.91. The van der Waals surface area contributed by atoms with Gasteiger partial charge in [0.2, 0.25) is 0 Å². The van der Waals surface area contributed by atoms with Crippen LogP contribution in [0.1, 0.15) is 32.1 Å². The molecule has 0 amide bonds. The van der Waals surface area contributed by atoms with Gasteiger partial charge in [0, 0.05) is 12.8 Å². The first kappa shape index (κ1) is 8.74. The summed E-state index contributed by atoms with van der Waals surface area (Å²) in [6.45, 7) is 0. The van der Waals surface area contributed by atoms with E-state index >= 15 is 0 Å². The van der Waals surface area contributed by atoms with Crippen LogP contribution >= 0.6 is 0 Å². The van der Waals surface area contributed by atoms with E-state index in [1.165, 1.54) is 0 Å². The second-order valence-electron chi connectivity index (χ2n) is 4.04. The molecule has 1 fully saturated rings. The van der Waals surface area contributed by atoms with Crippen molar-refractivity contribution in [3.63, 3.8) is 0 Å². The fraction of sp³-hybridized carbons (Fsp3) is 0.583. The van der Waals surface area contributed by atoms with Crippen molar-refractivity contribution in [1.29, 1.82) is 0 Å². The van der Waals surface area contributed by atoms with E-state index in [1.807, 2.05) is 0 Å². The summed E-state index contributed by atoms with van der Waals surface area (Å²) in [5, 5.41) is 0. The average molecular weight is 176 g/mol. The summed E-state index contributed by atoms with van der Waals surface area (Å²) >= 11 is 0. The standard InChI is InChI=1S/C12H16O/c13-12-8-7-10-5-3-1-2-4-6-11(10)9-12/h3-6,10-11H,1-2,7-9H2/b5-3-,6-4-/t10-,11-/m1/s1. The number of Topliss-reactive ketones (excluding diaryl/α,β-unsaturated/α-hetero) is 1. The minimum Gasteiger partial charge on any atom is -0.300 e. The smallest absolute Gasteiger partial charge is 0.133 e. The highest BCUT2D eigenvalue weighted by Gasteiger charge is 2.25. The minimum atomic E-state index is 0.444. The highest BCUT2D eigenvalue weighted by molar-refractivity contribution is 5.79. The van der Waals surface area contributed by atoms with E-state index < -0.39 is 0 Å². The predicted molar refractivity (Wildman–Crippen MR) is 53.4 cm³/mol. The quantitative estimate of drug-likeness (QED) is 0.519. The van der Waals surface area contributed by atoms with Gasteiger partial charge in [-0.15, -0.1) is 0 Å². The maximum atomic E-state index is 11.3. The molecule has 0 saturated heterocycles. The van der Waals surface area contributed by atoms with Crippen LogP contribution in [0.4, 0.5) is 0 Å². The molecule has 70 valence electrons. The lowest BCUT2D eigenvalue weighted by Gasteiger charge is -2.26. The van der Waals surface area contributed by atoms with Gasteiger partial charge < -0.3 is 0 Å². The average Bonchev–Trinajstić information content (AvgIpc) is 2.08. The molecule has 0 aromatic rings. The van der Waals surface area contributed by atoms with Gasteiger partial charge in [0.15, 0.2) is 0 Å². The second-order valence-corrected chi connectivity index (χ2v) is 4.04. The molecule has 0 aromatic carbocycles. The number of ketones is 1. The van der Waals surface area contributed by atoms with Gasteiger partial charge in [0.05, 0.1) is 0 Å². The van der Waals surface area contributed by atoms with Crippen molar-refractivity contribution in [1.82, 2.24) is 0 Å². The van der Waals surface area contributed by atoms with Crippen LogP contribution in [0.2, 0.25) is 0 Å². The van der Waals surface area contributed by atoms with Gasteiger partial charge >= 0.3 is 0 Å². The molecule has 0 radical (unpaired) electrons. The third kappa shape index (κ3) is 2.09. The van der Waals surface area contributed by atoms with Crippen molar-refractivity contribution in [3.8, 4) is 0 Å². The zero-order chi connectivity index (χ0) is 9.10. The Kier molecular flexibility index (Phi) is 2.62. The fourth-order valence-corrected chi connectivity index (χ4v) is 2.24. The third-order valence-electron chi connectivity index (χ3n) is 3.04. The van der Waals surface area contributed by atoms with E-state index in [0.29, 0.717) is 17.6 Å². The van der Waals surface area contributed by atoms with Gasteiger partial charge in [0.25, 0.3) is 0 Å². The molecule has 0 N–H and O–H groups in total. The summed E-state index contributed by atoms with van der Waals surface area (Å²) in [4.78, 5) is 11.3. The molecule has 0 spiro atoms. The monoisotopic (exact) mass is 176 g/mol. The van der Waals surface area contributed by atoms with Gasteiger partial charge in [0.1, 0.15) is 5.78 Å². The largest absolute Gasteiger partial charge is 0.300 e. The third-order valence-corrected chi connectivity index (χ3v) is 3.04. The lowest BCUT2D eigenvalue weighted by Crippen LogP contribution is -2.22. The fourth-order valence-electron chi connectivity index (χ4n) is 2.24. The zero-order valence-corrected chi connectivity index (χ0v) is 7.91. The summed E-state index contributed by atoms with van der Waals surface area (Å²) in [5.74, 6) is 1.58. The highest BCUT2D eigenvalue weighted by Crippen LogP contribution is 2.31. The van der Waals surface area contributed by atoms with Gasteiger partial charge in [-0.1, -0.05) is 24.3 Å². The molecule has 0 unspecified atom stereocenters. The van der Waals surface area contributed by atoms with Crippen molar-refractivity contribution in [2.24, 2.45) is 11.8 Å². The number of fused-ring (bicyclic) bond motifs is 1. The Morgan fingerprint density at radius 3 is 2.54 bits per heavy atom. The molecule has 1 heteroatoms. The number of hydrogen-bond donors (Lipinski definition) is 0. The molecule has 2 aliphatic carbocycles. The molecule has 1 nitrogen and oxygen atoms in total. The van der Waals surface area contributed by atoms with Crippen LogP contribution in [-0.4, -0.2) is 5.78 Å². The van der Waals surface area contributed by atoms with Gasteiger partial charge in [-0.05, 0) is 31.1 Å². The summed E-state index contributed by atoms with van der Waals surface area (Å²) in [6, 6.07) is 0. The number of hydrogen-bond acceptors (Lipinski definition) is 1. The molecule has 0 aromatic heterocycles. The molecule has 2 rings (SSSR count). The minimum absolute atomic E-state index is 0.444. The van der Waals surface area contributed by atoms with E-state index in [0.717, 1.165) is 32.1 Å². The van der Waals surface area contributed by atoms with E-state index in [-0.39, 0.29) is 0 Å². The second kappa shape index (κ2) is 3.91. The molecule has 0 bridgehead atoms. The maximum Gasteiger partial charge on any atom is 0.133 e. The normalized spacial score (nSPS) is 38.6. The lowest BCUT2D eigenvalue weighted by molar-refractivity contribution is -0.121. The predicted octanol–water partition coefficient (Wildman–Crippen LogP) is 2.88. The van der Waals surface area contributed by atoms with Gasteiger partial charge in [-0.3, -0.25) is 4.79 Å². The Labute approximate surface area is 79.5 Å². The Morgan fingerprint density at radius 2 is 1.77 bits per heavy atom. The maximum absolute atomic E-state index is 11.3. The molecule has 0 heterocycles. The summed E-state index contributed by atoms with van der Waals surface area (Å²) in [5.41, 5.74) is 0. The molecular formula is C12H16O. The summed E-state index contributed by atoms with van der Waals surface area (Å²) in [6.07, 6.45) is 14.0. The van der Waals surface area contributed by atoms with Crippen LogP contribution in [0.5, 0.6) is 0 Å².